The van der Waals surface area contributed by atoms with Crippen LogP contribution < -0.4 is 10.8 Å². The molecule has 0 bridgehead atoms. The Bertz CT molecular complexity index is 611. The number of nitrogens with zero attached hydrogens (tertiary/aromatic N) is 1. The Morgan fingerprint density at radius 2 is 1.77 bits per heavy atom. The van der Waals surface area contributed by atoms with Gasteiger partial charge >= 0.3 is 0 Å². The van der Waals surface area contributed by atoms with E-state index < -0.39 is 0 Å². The second-order valence-electron chi connectivity index (χ2n) is 6.43. The Morgan fingerprint density at radius 1 is 1.12 bits per heavy atom. The number of nitrogens with one attached hydrogen (secondary N) is 2. The molecule has 6 nitrogen and oxygen atoms in total. The molecular formula is C20H29N3O3. The van der Waals surface area contributed by atoms with Crippen molar-refractivity contribution in [1.82, 2.24) is 10.4 Å². The van der Waals surface area contributed by atoms with Gasteiger partial charge in [0.25, 0.3) is 0 Å². The van der Waals surface area contributed by atoms with E-state index in [1.807, 2.05) is 36.2 Å². The summed E-state index contributed by atoms with van der Waals surface area (Å²) in [5.41, 5.74) is 3.53. The molecule has 3 N–H and O–H groups in total. The van der Waals surface area contributed by atoms with Crippen LogP contribution in [0.1, 0.15) is 50.5 Å². The number of terminal acetylenes is 1. The van der Waals surface area contributed by atoms with Crippen LogP contribution >= 0.6 is 0 Å². The third kappa shape index (κ3) is 9.82. The Labute approximate surface area is 155 Å². The van der Waals surface area contributed by atoms with Gasteiger partial charge in [-0.1, -0.05) is 37.3 Å². The summed E-state index contributed by atoms with van der Waals surface area (Å²) in [6.07, 6.45) is 10.5. The summed E-state index contributed by atoms with van der Waals surface area (Å²) in [4.78, 5) is 24.9. The average molecular weight is 359 g/mol. The predicted octanol–water partition coefficient (Wildman–Crippen LogP) is 2.93. The van der Waals surface area contributed by atoms with Gasteiger partial charge in [0.15, 0.2) is 0 Å². The summed E-state index contributed by atoms with van der Waals surface area (Å²) in [6.45, 7) is 1.32. The molecule has 0 saturated heterocycles. The maximum absolute atomic E-state index is 12.0. The van der Waals surface area contributed by atoms with E-state index >= 15 is 0 Å². The highest BCUT2D eigenvalue weighted by atomic mass is 16.5. The van der Waals surface area contributed by atoms with Crippen LogP contribution in [0.15, 0.2) is 24.3 Å². The molecule has 0 heterocycles. The molecular weight excluding hydrogens is 330 g/mol. The zero-order valence-corrected chi connectivity index (χ0v) is 15.5. The van der Waals surface area contributed by atoms with Crippen molar-refractivity contribution in [3.05, 3.63) is 29.8 Å². The summed E-state index contributed by atoms with van der Waals surface area (Å²) >= 11 is 0. The molecule has 26 heavy (non-hydrogen) atoms. The number of hydrogen-bond acceptors (Lipinski definition) is 4. The molecule has 0 aliphatic carbocycles. The monoisotopic (exact) mass is 359 g/mol. The minimum absolute atomic E-state index is 0.0128. The largest absolute Gasteiger partial charge is 0.326 e. The molecule has 0 radical (unpaired) electrons. The Kier molecular flexibility index (Phi) is 10.8. The lowest BCUT2D eigenvalue weighted by molar-refractivity contribution is -0.129. The molecule has 0 aliphatic heterocycles. The van der Waals surface area contributed by atoms with E-state index in [0.717, 1.165) is 49.9 Å². The number of rotatable bonds is 12. The molecule has 2 amide bonds. The van der Waals surface area contributed by atoms with Crippen molar-refractivity contribution in [2.75, 3.05) is 18.9 Å². The number of carbonyl (C=O) groups is 2. The van der Waals surface area contributed by atoms with Gasteiger partial charge in [-0.3, -0.25) is 19.7 Å². The van der Waals surface area contributed by atoms with Gasteiger partial charge in [-0.2, -0.15) is 0 Å². The van der Waals surface area contributed by atoms with Gasteiger partial charge in [-0.15, -0.1) is 6.42 Å². The summed E-state index contributed by atoms with van der Waals surface area (Å²) in [7, 11) is 1.96. The summed E-state index contributed by atoms with van der Waals surface area (Å²) in [5.74, 6) is 2.27. The molecule has 0 atom stereocenters. The maximum atomic E-state index is 12.0. The molecule has 0 aromatic heterocycles. The van der Waals surface area contributed by atoms with Crippen molar-refractivity contribution >= 4 is 17.5 Å². The van der Waals surface area contributed by atoms with Crippen molar-refractivity contribution < 1.29 is 14.8 Å². The quantitative estimate of drug-likeness (QED) is 0.232. The molecule has 0 spiro atoms. The van der Waals surface area contributed by atoms with Crippen molar-refractivity contribution in [3.63, 3.8) is 0 Å². The van der Waals surface area contributed by atoms with E-state index in [9.17, 15) is 9.59 Å². The number of benzene rings is 1. The van der Waals surface area contributed by atoms with E-state index in [1.165, 1.54) is 0 Å². The Morgan fingerprint density at radius 3 is 2.42 bits per heavy atom. The second kappa shape index (κ2) is 12.9. The lowest BCUT2D eigenvalue weighted by Crippen LogP contribution is -2.18. The Balaban J connectivity index is 2.23. The van der Waals surface area contributed by atoms with Crippen LogP contribution in [0.2, 0.25) is 0 Å². The van der Waals surface area contributed by atoms with E-state index in [1.54, 1.807) is 5.48 Å². The zero-order chi connectivity index (χ0) is 19.2. The third-order valence-corrected chi connectivity index (χ3v) is 3.96. The van der Waals surface area contributed by atoms with E-state index in [4.69, 9.17) is 11.6 Å². The fourth-order valence-electron chi connectivity index (χ4n) is 2.65. The Hall–Kier alpha value is -2.36. The molecule has 0 unspecified atom stereocenters. The highest BCUT2D eigenvalue weighted by Crippen LogP contribution is 2.14. The second-order valence-corrected chi connectivity index (χ2v) is 6.43. The predicted molar refractivity (Wildman–Crippen MR) is 102 cm³/mol. The first-order valence-electron chi connectivity index (χ1n) is 8.99. The molecule has 0 fully saturated rings. The minimum atomic E-state index is -0.350. The lowest BCUT2D eigenvalue weighted by atomic mass is 10.1. The van der Waals surface area contributed by atoms with Gasteiger partial charge in [0.2, 0.25) is 11.8 Å². The molecule has 1 aromatic rings. The molecule has 6 heteroatoms. The van der Waals surface area contributed by atoms with Crippen LogP contribution in [-0.2, 0) is 16.1 Å². The summed E-state index contributed by atoms with van der Waals surface area (Å²) in [6, 6.07) is 7.79. The SMILES string of the molecule is C#CCN(C)Cc1cccc(NC(=O)CCCCCCCC(=O)NO)c1. The molecule has 0 aliphatic rings. The van der Waals surface area contributed by atoms with Crippen LogP contribution in [0, 0.1) is 12.3 Å². The summed E-state index contributed by atoms with van der Waals surface area (Å²) in [5, 5.41) is 11.3. The summed E-state index contributed by atoms with van der Waals surface area (Å²) < 4.78 is 0. The van der Waals surface area contributed by atoms with Crippen LogP contribution in [0.5, 0.6) is 0 Å². The van der Waals surface area contributed by atoms with Gasteiger partial charge in [-0.05, 0) is 37.6 Å². The van der Waals surface area contributed by atoms with Crippen LogP contribution in [0.25, 0.3) is 0 Å². The first kappa shape index (κ1) is 21.7. The van der Waals surface area contributed by atoms with Gasteiger partial charge in [0.05, 0.1) is 6.54 Å². The van der Waals surface area contributed by atoms with E-state index in [-0.39, 0.29) is 11.8 Å². The normalized spacial score (nSPS) is 10.4. The van der Waals surface area contributed by atoms with Crippen LogP contribution in [0.3, 0.4) is 0 Å². The number of unbranched alkanes of at least 4 members (excludes halogenated alkanes) is 4. The lowest BCUT2D eigenvalue weighted by Gasteiger charge is -2.14. The fourth-order valence-corrected chi connectivity index (χ4v) is 2.65. The standard InChI is InChI=1S/C20H29N3O3/c1-3-14-23(2)16-17-10-9-11-18(15-17)21-19(24)12-7-5-4-6-8-13-20(25)22-26/h1,9-11,15,26H,4-8,12-14,16H2,2H3,(H,21,24)(H,22,25). The smallest absolute Gasteiger partial charge is 0.243 e. The third-order valence-electron chi connectivity index (χ3n) is 3.96. The molecule has 1 aromatic carbocycles. The van der Waals surface area contributed by atoms with Crippen LogP contribution in [0.4, 0.5) is 5.69 Å². The highest BCUT2D eigenvalue weighted by Gasteiger charge is 2.05. The van der Waals surface area contributed by atoms with Crippen molar-refractivity contribution in [1.29, 1.82) is 0 Å². The first-order valence-corrected chi connectivity index (χ1v) is 8.99. The van der Waals surface area contributed by atoms with Crippen LogP contribution in [-0.4, -0.2) is 35.5 Å². The zero-order valence-electron chi connectivity index (χ0n) is 15.5. The van der Waals surface area contributed by atoms with Crippen molar-refractivity contribution in [2.45, 2.75) is 51.5 Å². The first-order chi connectivity index (χ1) is 12.5. The van der Waals surface area contributed by atoms with Gasteiger partial charge in [-0.25, -0.2) is 5.48 Å². The maximum Gasteiger partial charge on any atom is 0.243 e. The number of hydroxylamine groups is 1. The molecule has 1 rings (SSSR count). The molecule has 0 saturated carbocycles. The van der Waals surface area contributed by atoms with E-state index in [2.05, 4.69) is 11.2 Å². The highest BCUT2D eigenvalue weighted by molar-refractivity contribution is 5.90. The fraction of sp³-hybridized carbons (Fsp3) is 0.500. The number of carbonyl (C=O) groups excluding carboxylic acids is 2. The molecule has 142 valence electrons. The number of amides is 2. The van der Waals surface area contributed by atoms with Gasteiger partial charge in [0, 0.05) is 25.1 Å². The van der Waals surface area contributed by atoms with Gasteiger partial charge < -0.3 is 5.32 Å². The van der Waals surface area contributed by atoms with Crippen molar-refractivity contribution in [3.8, 4) is 12.3 Å². The minimum Gasteiger partial charge on any atom is -0.326 e. The number of anilines is 1. The number of hydrogen-bond donors (Lipinski definition) is 3. The van der Waals surface area contributed by atoms with Crippen molar-refractivity contribution in [2.24, 2.45) is 0 Å². The van der Waals surface area contributed by atoms with Gasteiger partial charge in [0.1, 0.15) is 0 Å². The topological polar surface area (TPSA) is 81.7 Å². The average Bonchev–Trinajstić information content (AvgIpc) is 2.61. The van der Waals surface area contributed by atoms with E-state index in [0.29, 0.717) is 19.4 Å².